The van der Waals surface area contributed by atoms with E-state index in [-0.39, 0.29) is 5.92 Å². The second kappa shape index (κ2) is 5.28. The zero-order valence-electron chi connectivity index (χ0n) is 12.3. The monoisotopic (exact) mass is 286 g/mol. The van der Waals surface area contributed by atoms with Gasteiger partial charge in [-0.2, -0.15) is 15.0 Å². The van der Waals surface area contributed by atoms with E-state index in [1.807, 2.05) is 4.80 Å². The Morgan fingerprint density at radius 2 is 1.67 bits per heavy atom. The molecule has 5 nitrogen and oxygen atoms in total. The van der Waals surface area contributed by atoms with Crippen molar-refractivity contribution in [2.45, 2.75) is 63.1 Å². The Balaban J connectivity index is 1.49. The molecule has 1 aromatic heterocycles. The number of carbonyl (C=O) groups excluding carboxylic acids is 1. The van der Waals surface area contributed by atoms with Crippen LogP contribution in [0.1, 0.15) is 51.0 Å². The van der Waals surface area contributed by atoms with Gasteiger partial charge in [-0.1, -0.05) is 12.2 Å². The highest BCUT2D eigenvalue weighted by molar-refractivity contribution is 5.80. The lowest BCUT2D eigenvalue weighted by Crippen LogP contribution is -2.49. The zero-order valence-corrected chi connectivity index (χ0v) is 12.3. The van der Waals surface area contributed by atoms with Gasteiger partial charge in [-0.05, 0) is 44.9 Å². The molecular weight excluding hydrogens is 264 g/mol. The summed E-state index contributed by atoms with van der Waals surface area (Å²) in [5, 5.41) is 8.58. The largest absolute Gasteiger partial charge is 0.336 e. The van der Waals surface area contributed by atoms with E-state index in [0.717, 1.165) is 44.9 Å². The van der Waals surface area contributed by atoms with E-state index < -0.39 is 0 Å². The van der Waals surface area contributed by atoms with Crippen molar-refractivity contribution in [3.63, 3.8) is 0 Å². The van der Waals surface area contributed by atoms with Crippen molar-refractivity contribution >= 4 is 5.91 Å². The van der Waals surface area contributed by atoms with Crippen molar-refractivity contribution in [2.75, 3.05) is 0 Å². The highest BCUT2D eigenvalue weighted by Crippen LogP contribution is 2.41. The summed E-state index contributed by atoms with van der Waals surface area (Å²) < 4.78 is 0. The second-order valence-electron chi connectivity index (χ2n) is 6.59. The third kappa shape index (κ3) is 2.28. The molecule has 2 aliphatic heterocycles. The van der Waals surface area contributed by atoms with Gasteiger partial charge in [0.05, 0.1) is 18.4 Å². The standard InChI is InChI=1S/C16H22N4O/c21-16(12-4-2-1-3-5-12)19-13-6-7-14(19)11-15(10-13)20-17-8-9-18-20/h1-2,8-9,12-15H,3-7,10-11H2. The molecule has 1 amide bonds. The van der Waals surface area contributed by atoms with Gasteiger partial charge in [0.2, 0.25) is 5.91 Å². The van der Waals surface area contributed by atoms with E-state index >= 15 is 0 Å². The van der Waals surface area contributed by atoms with Gasteiger partial charge in [0, 0.05) is 18.0 Å². The maximum Gasteiger partial charge on any atom is 0.226 e. The van der Waals surface area contributed by atoms with Gasteiger partial charge in [-0.25, -0.2) is 0 Å². The number of fused-ring (bicyclic) bond motifs is 2. The normalized spacial score (nSPS) is 35.1. The first kappa shape index (κ1) is 13.0. The van der Waals surface area contributed by atoms with Crippen LogP contribution in [0, 0.1) is 5.92 Å². The van der Waals surface area contributed by atoms with E-state index in [2.05, 4.69) is 27.2 Å². The van der Waals surface area contributed by atoms with Gasteiger partial charge < -0.3 is 4.90 Å². The van der Waals surface area contributed by atoms with E-state index in [1.165, 1.54) is 0 Å². The first-order valence-electron chi connectivity index (χ1n) is 8.16. The second-order valence-corrected chi connectivity index (χ2v) is 6.59. The van der Waals surface area contributed by atoms with Crippen molar-refractivity contribution in [3.8, 4) is 0 Å². The summed E-state index contributed by atoms with van der Waals surface area (Å²) in [6.45, 7) is 0. The van der Waals surface area contributed by atoms with E-state index in [0.29, 0.717) is 24.0 Å². The molecule has 4 rings (SSSR count). The molecule has 0 saturated carbocycles. The van der Waals surface area contributed by atoms with Crippen LogP contribution in [0.15, 0.2) is 24.5 Å². The van der Waals surface area contributed by atoms with E-state index in [1.54, 1.807) is 12.4 Å². The lowest BCUT2D eigenvalue weighted by Gasteiger charge is -2.40. The van der Waals surface area contributed by atoms with Gasteiger partial charge in [-0.15, -0.1) is 0 Å². The van der Waals surface area contributed by atoms with Gasteiger partial charge >= 0.3 is 0 Å². The molecule has 5 heteroatoms. The predicted octanol–water partition coefficient (Wildman–Crippen LogP) is 2.33. The van der Waals surface area contributed by atoms with Crippen LogP contribution in [0.25, 0.3) is 0 Å². The molecule has 112 valence electrons. The number of amides is 1. The predicted molar refractivity (Wildman–Crippen MR) is 78.4 cm³/mol. The topological polar surface area (TPSA) is 51.0 Å². The molecule has 2 fully saturated rings. The number of carbonyl (C=O) groups is 1. The SMILES string of the molecule is O=C(C1CC=CCC1)N1C2CCC1CC(n1nccn1)C2. The van der Waals surface area contributed by atoms with Crippen LogP contribution in [0.5, 0.6) is 0 Å². The highest BCUT2D eigenvalue weighted by atomic mass is 16.2. The number of allylic oxidation sites excluding steroid dienone is 2. The molecule has 3 atom stereocenters. The van der Waals surface area contributed by atoms with Crippen LogP contribution < -0.4 is 0 Å². The Labute approximate surface area is 125 Å². The van der Waals surface area contributed by atoms with Crippen molar-refractivity contribution < 1.29 is 4.79 Å². The third-order valence-electron chi connectivity index (χ3n) is 5.34. The van der Waals surface area contributed by atoms with Crippen LogP contribution in [0.3, 0.4) is 0 Å². The first-order chi connectivity index (χ1) is 10.3. The molecule has 3 unspecified atom stereocenters. The lowest BCUT2D eigenvalue weighted by molar-refractivity contribution is -0.141. The van der Waals surface area contributed by atoms with Crippen LogP contribution >= 0.6 is 0 Å². The Kier molecular flexibility index (Phi) is 3.28. The van der Waals surface area contributed by atoms with Crippen molar-refractivity contribution in [1.82, 2.24) is 19.9 Å². The summed E-state index contributed by atoms with van der Waals surface area (Å²) in [6, 6.07) is 1.17. The van der Waals surface area contributed by atoms with Crippen LogP contribution in [-0.2, 0) is 4.79 Å². The average Bonchev–Trinajstić information content (AvgIpc) is 3.14. The first-order valence-corrected chi connectivity index (χ1v) is 8.16. The fraction of sp³-hybridized carbons (Fsp3) is 0.688. The summed E-state index contributed by atoms with van der Waals surface area (Å²) in [6.07, 6.45) is 15.2. The molecular formula is C16H22N4O. The Hall–Kier alpha value is -1.65. The van der Waals surface area contributed by atoms with Crippen LogP contribution in [0.2, 0.25) is 0 Å². The fourth-order valence-electron chi connectivity index (χ4n) is 4.34. The minimum absolute atomic E-state index is 0.220. The highest BCUT2D eigenvalue weighted by Gasteiger charge is 2.45. The minimum Gasteiger partial charge on any atom is -0.336 e. The number of nitrogens with zero attached hydrogens (tertiary/aromatic N) is 4. The van der Waals surface area contributed by atoms with Crippen molar-refractivity contribution in [1.29, 1.82) is 0 Å². The van der Waals surface area contributed by atoms with Gasteiger partial charge in [-0.3, -0.25) is 4.79 Å². The number of rotatable bonds is 2. The Morgan fingerprint density at radius 1 is 0.952 bits per heavy atom. The van der Waals surface area contributed by atoms with Gasteiger partial charge in [0.15, 0.2) is 0 Å². The summed E-state index contributed by atoms with van der Waals surface area (Å²) in [4.78, 5) is 16.9. The number of aromatic nitrogens is 3. The molecule has 1 aromatic rings. The molecule has 3 aliphatic rings. The fourth-order valence-corrected chi connectivity index (χ4v) is 4.34. The Bertz CT molecular complexity index is 524. The summed E-state index contributed by atoms with van der Waals surface area (Å²) in [5.41, 5.74) is 0. The number of piperidine rings is 1. The molecule has 1 aliphatic carbocycles. The molecule has 0 spiro atoms. The smallest absolute Gasteiger partial charge is 0.226 e. The van der Waals surface area contributed by atoms with Gasteiger partial charge in [0.25, 0.3) is 0 Å². The lowest BCUT2D eigenvalue weighted by atomic mass is 9.90. The van der Waals surface area contributed by atoms with E-state index in [9.17, 15) is 4.79 Å². The van der Waals surface area contributed by atoms with Crippen molar-refractivity contribution in [3.05, 3.63) is 24.5 Å². The molecule has 21 heavy (non-hydrogen) atoms. The van der Waals surface area contributed by atoms with Crippen LogP contribution in [0.4, 0.5) is 0 Å². The number of hydrogen-bond donors (Lipinski definition) is 0. The maximum absolute atomic E-state index is 12.9. The van der Waals surface area contributed by atoms with Crippen molar-refractivity contribution in [2.24, 2.45) is 5.92 Å². The molecule has 0 radical (unpaired) electrons. The van der Waals surface area contributed by atoms with Gasteiger partial charge in [0.1, 0.15) is 0 Å². The average molecular weight is 286 g/mol. The molecule has 0 aromatic carbocycles. The zero-order chi connectivity index (χ0) is 14.2. The minimum atomic E-state index is 0.220. The molecule has 0 N–H and O–H groups in total. The molecule has 2 saturated heterocycles. The summed E-state index contributed by atoms with van der Waals surface area (Å²) in [5.74, 6) is 0.621. The summed E-state index contributed by atoms with van der Waals surface area (Å²) >= 11 is 0. The third-order valence-corrected chi connectivity index (χ3v) is 5.34. The molecule has 3 heterocycles. The van der Waals surface area contributed by atoms with E-state index in [4.69, 9.17) is 0 Å². The van der Waals surface area contributed by atoms with Crippen LogP contribution in [-0.4, -0.2) is 37.9 Å². The summed E-state index contributed by atoms with van der Waals surface area (Å²) in [7, 11) is 0. The molecule has 2 bridgehead atoms. The maximum atomic E-state index is 12.9. The quantitative estimate of drug-likeness (QED) is 0.784. The number of hydrogen-bond acceptors (Lipinski definition) is 3. The Morgan fingerprint density at radius 3 is 2.29 bits per heavy atom.